The van der Waals surface area contributed by atoms with E-state index in [4.69, 9.17) is 0 Å². The van der Waals surface area contributed by atoms with Crippen molar-refractivity contribution in [1.29, 1.82) is 0 Å². The minimum atomic E-state index is -3.66. The fraction of sp³-hybridized carbons (Fsp3) is 0.300. The Morgan fingerprint density at radius 3 is 2.11 bits per heavy atom. The lowest BCUT2D eigenvalue weighted by atomic mass is 10.1. The van der Waals surface area contributed by atoms with Crippen LogP contribution >= 0.6 is 0 Å². The van der Waals surface area contributed by atoms with E-state index in [9.17, 15) is 18.0 Å². The molecule has 0 unspecified atom stereocenters. The highest BCUT2D eigenvalue weighted by Gasteiger charge is 2.22. The molecule has 0 saturated heterocycles. The van der Waals surface area contributed by atoms with E-state index in [1.165, 1.54) is 0 Å². The third kappa shape index (κ3) is 6.09. The van der Waals surface area contributed by atoms with Crippen LogP contribution in [0.5, 0.6) is 0 Å². The molecule has 0 saturated carbocycles. The van der Waals surface area contributed by atoms with Crippen LogP contribution in [-0.2, 0) is 14.8 Å². The maximum absolute atomic E-state index is 12.6. The van der Waals surface area contributed by atoms with Gasteiger partial charge in [-0.1, -0.05) is 30.3 Å². The first-order chi connectivity index (χ1) is 13.0. The average Bonchev–Trinajstić information content (AvgIpc) is 2.58. The molecule has 0 fully saturated rings. The van der Waals surface area contributed by atoms with Crippen molar-refractivity contribution in [2.24, 2.45) is 0 Å². The zero-order valence-electron chi connectivity index (χ0n) is 16.4. The highest BCUT2D eigenvalue weighted by Crippen LogP contribution is 2.19. The monoisotopic (exact) mass is 403 g/mol. The Hall–Kier alpha value is -2.87. The SMILES string of the molecule is CC(C)(C)NC(=O)c1ccccc1NC(=O)CN(c1ccccc1)S(C)(=O)=O. The van der Waals surface area contributed by atoms with Crippen LogP contribution in [0.4, 0.5) is 11.4 Å². The van der Waals surface area contributed by atoms with Crippen LogP contribution in [0.15, 0.2) is 54.6 Å². The number of hydrogen-bond donors (Lipinski definition) is 2. The smallest absolute Gasteiger partial charge is 0.253 e. The van der Waals surface area contributed by atoms with Crippen LogP contribution in [0.1, 0.15) is 31.1 Å². The second kappa shape index (κ2) is 8.43. The van der Waals surface area contributed by atoms with Gasteiger partial charge in [0.15, 0.2) is 0 Å². The minimum Gasteiger partial charge on any atom is -0.347 e. The number of nitrogens with one attached hydrogen (secondary N) is 2. The lowest BCUT2D eigenvalue weighted by Crippen LogP contribution is -2.41. The maximum Gasteiger partial charge on any atom is 0.253 e. The largest absolute Gasteiger partial charge is 0.347 e. The molecule has 2 N–H and O–H groups in total. The molecule has 8 heteroatoms. The van der Waals surface area contributed by atoms with Crippen molar-refractivity contribution in [3.05, 3.63) is 60.2 Å². The number of para-hydroxylation sites is 2. The van der Waals surface area contributed by atoms with Crippen molar-refractivity contribution in [3.8, 4) is 0 Å². The van der Waals surface area contributed by atoms with Gasteiger partial charge in [-0.25, -0.2) is 8.42 Å². The van der Waals surface area contributed by atoms with Gasteiger partial charge in [0.2, 0.25) is 15.9 Å². The summed E-state index contributed by atoms with van der Waals surface area (Å²) >= 11 is 0. The number of benzene rings is 2. The lowest BCUT2D eigenvalue weighted by Gasteiger charge is -2.23. The third-order valence-corrected chi connectivity index (χ3v) is 4.81. The Morgan fingerprint density at radius 1 is 0.964 bits per heavy atom. The molecular weight excluding hydrogens is 378 g/mol. The Bertz CT molecular complexity index is 951. The van der Waals surface area contributed by atoms with Crippen LogP contribution in [0.3, 0.4) is 0 Å². The van der Waals surface area contributed by atoms with Crippen LogP contribution in [0.2, 0.25) is 0 Å². The first-order valence-electron chi connectivity index (χ1n) is 8.71. The van der Waals surface area contributed by atoms with E-state index in [1.54, 1.807) is 54.6 Å². The molecule has 0 aliphatic carbocycles. The third-order valence-electron chi connectivity index (χ3n) is 3.67. The minimum absolute atomic E-state index is 0.302. The van der Waals surface area contributed by atoms with Gasteiger partial charge >= 0.3 is 0 Å². The van der Waals surface area contributed by atoms with E-state index in [0.29, 0.717) is 16.9 Å². The lowest BCUT2D eigenvalue weighted by molar-refractivity contribution is -0.114. The fourth-order valence-electron chi connectivity index (χ4n) is 2.51. The predicted molar refractivity (Wildman–Crippen MR) is 111 cm³/mol. The van der Waals surface area contributed by atoms with E-state index < -0.39 is 28.0 Å². The molecule has 2 aromatic carbocycles. The molecular formula is C20H25N3O4S. The van der Waals surface area contributed by atoms with Gasteiger partial charge in [0.25, 0.3) is 5.91 Å². The van der Waals surface area contributed by atoms with Gasteiger partial charge in [-0.2, -0.15) is 0 Å². The van der Waals surface area contributed by atoms with Gasteiger partial charge < -0.3 is 10.6 Å². The topological polar surface area (TPSA) is 95.6 Å². The number of anilines is 2. The van der Waals surface area contributed by atoms with Crippen molar-refractivity contribution in [2.45, 2.75) is 26.3 Å². The molecule has 0 atom stereocenters. The molecule has 150 valence electrons. The Kier molecular flexibility index (Phi) is 6.45. The first kappa shape index (κ1) is 21.4. The summed E-state index contributed by atoms with van der Waals surface area (Å²) in [6, 6.07) is 14.9. The summed E-state index contributed by atoms with van der Waals surface area (Å²) in [6.45, 7) is 5.17. The molecule has 2 rings (SSSR count). The molecule has 0 radical (unpaired) electrons. The molecule has 2 aromatic rings. The average molecular weight is 404 g/mol. The van der Waals surface area contributed by atoms with Gasteiger partial charge in [-0.15, -0.1) is 0 Å². The van der Waals surface area contributed by atoms with Crippen molar-refractivity contribution >= 4 is 33.2 Å². The Labute approximate surface area is 165 Å². The molecule has 28 heavy (non-hydrogen) atoms. The summed E-state index contributed by atoms with van der Waals surface area (Å²) in [5.74, 6) is -0.878. The van der Waals surface area contributed by atoms with Gasteiger partial charge in [0, 0.05) is 5.54 Å². The summed E-state index contributed by atoms with van der Waals surface area (Å²) < 4.78 is 25.3. The predicted octanol–water partition coefficient (Wildman–Crippen LogP) is 2.62. The molecule has 2 amide bonds. The molecule has 0 bridgehead atoms. The molecule has 0 aliphatic rings. The van der Waals surface area contributed by atoms with Crippen LogP contribution < -0.4 is 14.9 Å². The van der Waals surface area contributed by atoms with Gasteiger partial charge in [0.1, 0.15) is 6.54 Å². The Morgan fingerprint density at radius 2 is 1.54 bits per heavy atom. The number of sulfonamides is 1. The van der Waals surface area contributed by atoms with Crippen LogP contribution in [0.25, 0.3) is 0 Å². The highest BCUT2D eigenvalue weighted by atomic mass is 32.2. The molecule has 0 aromatic heterocycles. The summed E-state index contributed by atoms with van der Waals surface area (Å²) in [5.41, 5.74) is 0.570. The van der Waals surface area contributed by atoms with Crippen LogP contribution in [-0.4, -0.2) is 38.6 Å². The molecule has 7 nitrogen and oxygen atoms in total. The normalized spacial score (nSPS) is 11.6. The standard InChI is InChI=1S/C20H25N3O4S/c1-20(2,3)22-19(25)16-12-8-9-13-17(16)21-18(24)14-23(28(4,26)27)15-10-6-5-7-11-15/h5-13H,14H2,1-4H3,(H,21,24)(H,22,25). The number of carbonyl (C=O) groups is 2. The summed E-state index contributed by atoms with van der Waals surface area (Å²) in [6.07, 6.45) is 1.04. The van der Waals surface area contributed by atoms with Gasteiger partial charge in [-0.3, -0.25) is 13.9 Å². The van der Waals surface area contributed by atoms with Crippen molar-refractivity contribution in [3.63, 3.8) is 0 Å². The number of amides is 2. The first-order valence-corrected chi connectivity index (χ1v) is 10.6. The number of rotatable bonds is 6. The quantitative estimate of drug-likeness (QED) is 0.775. The number of hydrogen-bond acceptors (Lipinski definition) is 4. The van der Waals surface area contributed by atoms with Crippen LogP contribution in [0, 0.1) is 0 Å². The second-order valence-electron chi connectivity index (χ2n) is 7.40. The number of nitrogens with zero attached hydrogens (tertiary/aromatic N) is 1. The van der Waals surface area contributed by atoms with E-state index in [-0.39, 0.29) is 5.91 Å². The van der Waals surface area contributed by atoms with E-state index >= 15 is 0 Å². The highest BCUT2D eigenvalue weighted by molar-refractivity contribution is 7.92. The van der Waals surface area contributed by atoms with E-state index in [0.717, 1.165) is 10.6 Å². The molecule has 0 spiro atoms. The summed E-state index contributed by atoms with van der Waals surface area (Å²) in [4.78, 5) is 25.1. The number of carbonyl (C=O) groups excluding carboxylic acids is 2. The second-order valence-corrected chi connectivity index (χ2v) is 9.31. The summed E-state index contributed by atoms with van der Waals surface area (Å²) in [7, 11) is -3.66. The molecule has 0 heterocycles. The zero-order valence-corrected chi connectivity index (χ0v) is 17.2. The van der Waals surface area contributed by atoms with Crippen molar-refractivity contribution in [1.82, 2.24) is 5.32 Å². The molecule has 0 aliphatic heterocycles. The zero-order chi connectivity index (χ0) is 20.9. The van der Waals surface area contributed by atoms with Crippen molar-refractivity contribution in [2.75, 3.05) is 22.4 Å². The van der Waals surface area contributed by atoms with Crippen molar-refractivity contribution < 1.29 is 18.0 Å². The van der Waals surface area contributed by atoms with E-state index in [2.05, 4.69) is 10.6 Å². The Balaban J connectivity index is 2.22. The summed E-state index contributed by atoms with van der Waals surface area (Å²) in [5, 5.41) is 5.49. The van der Waals surface area contributed by atoms with Gasteiger partial charge in [-0.05, 0) is 45.0 Å². The maximum atomic E-state index is 12.6. The van der Waals surface area contributed by atoms with E-state index in [1.807, 2.05) is 20.8 Å². The van der Waals surface area contributed by atoms with Gasteiger partial charge in [0.05, 0.1) is 23.2 Å². The fourth-order valence-corrected chi connectivity index (χ4v) is 3.37.